The van der Waals surface area contributed by atoms with E-state index in [1.165, 1.54) is 7.11 Å². The van der Waals surface area contributed by atoms with Crippen molar-refractivity contribution in [2.75, 3.05) is 14.2 Å². The van der Waals surface area contributed by atoms with E-state index in [-0.39, 0.29) is 18.0 Å². The van der Waals surface area contributed by atoms with Crippen molar-refractivity contribution < 1.29 is 23.8 Å². The molecular weight excluding hydrogens is 356 g/mol. The van der Waals surface area contributed by atoms with Gasteiger partial charge in [-0.25, -0.2) is 4.79 Å². The summed E-state index contributed by atoms with van der Waals surface area (Å²) >= 11 is 0. The molecule has 0 N–H and O–H groups in total. The van der Waals surface area contributed by atoms with Crippen LogP contribution in [0.15, 0.2) is 72.8 Å². The molecule has 0 aliphatic carbocycles. The van der Waals surface area contributed by atoms with Crippen molar-refractivity contribution >= 4 is 11.8 Å². The smallest absolute Gasteiger partial charge is 0.343 e. The molecule has 0 saturated heterocycles. The summed E-state index contributed by atoms with van der Waals surface area (Å²) in [5.74, 6) is 0.586. The summed E-state index contributed by atoms with van der Waals surface area (Å²) in [4.78, 5) is 25.3. The predicted octanol–water partition coefficient (Wildman–Crippen LogP) is 4.35. The molecular formula is C23H20O5. The second kappa shape index (κ2) is 8.86. The van der Waals surface area contributed by atoms with E-state index in [9.17, 15) is 9.59 Å². The number of ketones is 1. The molecule has 0 spiro atoms. The molecule has 0 saturated carbocycles. The van der Waals surface area contributed by atoms with Gasteiger partial charge in [-0.1, -0.05) is 30.3 Å². The van der Waals surface area contributed by atoms with Crippen molar-refractivity contribution in [1.82, 2.24) is 0 Å². The normalized spacial score (nSPS) is 10.2. The van der Waals surface area contributed by atoms with E-state index < -0.39 is 5.97 Å². The molecule has 0 fully saturated rings. The Bertz CT molecular complexity index is 962. The lowest BCUT2D eigenvalue weighted by Gasteiger charge is -2.12. The van der Waals surface area contributed by atoms with E-state index in [4.69, 9.17) is 14.2 Å². The molecule has 0 aliphatic heterocycles. The third-order valence-corrected chi connectivity index (χ3v) is 4.23. The second-order valence-corrected chi connectivity index (χ2v) is 6.07. The van der Waals surface area contributed by atoms with Crippen molar-refractivity contribution in [2.24, 2.45) is 0 Å². The van der Waals surface area contributed by atoms with Crippen molar-refractivity contribution in [1.29, 1.82) is 0 Å². The van der Waals surface area contributed by atoms with Gasteiger partial charge in [0, 0.05) is 12.5 Å². The number of carbonyl (C=O) groups is 2. The number of rotatable bonds is 7. The molecule has 28 heavy (non-hydrogen) atoms. The molecule has 5 heteroatoms. The van der Waals surface area contributed by atoms with Crippen LogP contribution < -0.4 is 14.2 Å². The van der Waals surface area contributed by atoms with Crippen molar-refractivity contribution in [3.63, 3.8) is 0 Å². The fraction of sp³-hybridized carbons (Fsp3) is 0.130. The van der Waals surface area contributed by atoms with Gasteiger partial charge in [0.1, 0.15) is 17.2 Å². The maximum Gasteiger partial charge on any atom is 0.343 e. The van der Waals surface area contributed by atoms with Crippen molar-refractivity contribution in [2.45, 2.75) is 6.42 Å². The topological polar surface area (TPSA) is 61.8 Å². The lowest BCUT2D eigenvalue weighted by atomic mass is 10.0. The molecule has 0 aliphatic rings. The van der Waals surface area contributed by atoms with Crippen LogP contribution in [0, 0.1) is 0 Å². The Morgan fingerprint density at radius 1 is 0.786 bits per heavy atom. The lowest BCUT2D eigenvalue weighted by molar-refractivity contribution is 0.0732. The fourth-order valence-electron chi connectivity index (χ4n) is 2.71. The minimum Gasteiger partial charge on any atom is -0.497 e. The first kappa shape index (κ1) is 19.2. The highest BCUT2D eigenvalue weighted by molar-refractivity contribution is 6.01. The Labute approximate surface area is 163 Å². The summed E-state index contributed by atoms with van der Waals surface area (Å²) in [6, 6.07) is 20.8. The molecule has 0 aromatic heterocycles. The van der Waals surface area contributed by atoms with Crippen LogP contribution in [-0.4, -0.2) is 26.0 Å². The molecule has 3 aromatic carbocycles. The summed E-state index contributed by atoms with van der Waals surface area (Å²) in [6.07, 6.45) is 0.209. The van der Waals surface area contributed by atoms with Gasteiger partial charge < -0.3 is 14.2 Å². The number of ether oxygens (including phenoxy) is 3. The van der Waals surface area contributed by atoms with E-state index in [2.05, 4.69) is 0 Å². The van der Waals surface area contributed by atoms with Gasteiger partial charge in [-0.3, -0.25) is 4.79 Å². The van der Waals surface area contributed by atoms with Crippen LogP contribution in [0.2, 0.25) is 0 Å². The second-order valence-electron chi connectivity index (χ2n) is 6.07. The van der Waals surface area contributed by atoms with Gasteiger partial charge in [-0.15, -0.1) is 0 Å². The summed E-state index contributed by atoms with van der Waals surface area (Å²) < 4.78 is 15.8. The SMILES string of the molecule is COc1ccc(C(=O)Oc2cc(OC)ccc2C(=O)Cc2ccccc2)cc1. The fourth-order valence-corrected chi connectivity index (χ4v) is 2.71. The molecule has 0 bridgehead atoms. The number of hydrogen-bond donors (Lipinski definition) is 0. The molecule has 0 radical (unpaired) electrons. The van der Waals surface area contributed by atoms with Gasteiger partial charge in [0.25, 0.3) is 0 Å². The third kappa shape index (κ3) is 4.57. The number of benzene rings is 3. The van der Waals surface area contributed by atoms with Crippen LogP contribution in [-0.2, 0) is 6.42 Å². The van der Waals surface area contributed by atoms with Crippen molar-refractivity contribution in [3.05, 3.63) is 89.5 Å². The average Bonchev–Trinajstić information content (AvgIpc) is 2.74. The molecule has 5 nitrogen and oxygen atoms in total. The molecule has 142 valence electrons. The molecule has 3 rings (SSSR count). The first-order valence-electron chi connectivity index (χ1n) is 8.72. The minimum absolute atomic E-state index is 0.147. The Morgan fingerprint density at radius 2 is 1.43 bits per heavy atom. The molecule has 3 aromatic rings. The Morgan fingerprint density at radius 3 is 2.07 bits per heavy atom. The van der Waals surface area contributed by atoms with Gasteiger partial charge in [0.2, 0.25) is 0 Å². The monoisotopic (exact) mass is 376 g/mol. The van der Waals surface area contributed by atoms with Gasteiger partial charge in [-0.2, -0.15) is 0 Å². The third-order valence-electron chi connectivity index (χ3n) is 4.23. The van der Waals surface area contributed by atoms with Crippen LogP contribution in [0.3, 0.4) is 0 Å². The maximum atomic E-state index is 12.8. The lowest BCUT2D eigenvalue weighted by Crippen LogP contribution is -2.13. The first-order valence-corrected chi connectivity index (χ1v) is 8.72. The van der Waals surface area contributed by atoms with Gasteiger partial charge in [-0.05, 0) is 42.0 Å². The summed E-state index contributed by atoms with van der Waals surface area (Å²) in [7, 11) is 3.06. The number of hydrogen-bond acceptors (Lipinski definition) is 5. The van der Waals surface area contributed by atoms with Gasteiger partial charge in [0.15, 0.2) is 5.78 Å². The average molecular weight is 376 g/mol. The molecule has 0 heterocycles. The largest absolute Gasteiger partial charge is 0.497 e. The van der Waals surface area contributed by atoms with Gasteiger partial charge >= 0.3 is 5.97 Å². The highest BCUT2D eigenvalue weighted by atomic mass is 16.5. The highest BCUT2D eigenvalue weighted by Crippen LogP contribution is 2.27. The summed E-state index contributed by atoms with van der Waals surface area (Å²) in [6.45, 7) is 0. The Balaban J connectivity index is 1.85. The molecule has 0 unspecified atom stereocenters. The standard InChI is InChI=1S/C23H20O5/c1-26-18-10-8-17(9-11-18)23(25)28-22-15-19(27-2)12-13-20(22)21(24)14-16-6-4-3-5-7-16/h3-13,15H,14H2,1-2H3. The van der Waals surface area contributed by atoms with Gasteiger partial charge in [0.05, 0.1) is 25.3 Å². The van der Waals surface area contributed by atoms with E-state index in [1.807, 2.05) is 30.3 Å². The predicted molar refractivity (Wildman–Crippen MR) is 105 cm³/mol. The summed E-state index contributed by atoms with van der Waals surface area (Å²) in [5.41, 5.74) is 1.56. The Hall–Kier alpha value is -3.60. The zero-order valence-corrected chi connectivity index (χ0v) is 15.7. The molecule has 0 atom stereocenters. The zero-order chi connectivity index (χ0) is 19.9. The van der Waals surface area contributed by atoms with E-state index in [0.717, 1.165) is 5.56 Å². The highest BCUT2D eigenvalue weighted by Gasteiger charge is 2.18. The van der Waals surface area contributed by atoms with E-state index >= 15 is 0 Å². The van der Waals surface area contributed by atoms with Crippen molar-refractivity contribution in [3.8, 4) is 17.2 Å². The summed E-state index contributed by atoms with van der Waals surface area (Å²) in [5, 5.41) is 0. The zero-order valence-electron chi connectivity index (χ0n) is 15.7. The van der Waals surface area contributed by atoms with Crippen LogP contribution in [0.5, 0.6) is 17.2 Å². The minimum atomic E-state index is -0.565. The number of methoxy groups -OCH3 is 2. The maximum absolute atomic E-state index is 12.8. The number of Topliss-reactive ketones (excluding diaryl/α,β-unsaturated/α-hetero) is 1. The van der Waals surface area contributed by atoms with Crippen LogP contribution >= 0.6 is 0 Å². The van der Waals surface area contributed by atoms with E-state index in [1.54, 1.807) is 49.6 Å². The molecule has 0 amide bonds. The van der Waals surface area contributed by atoms with Crippen LogP contribution in [0.4, 0.5) is 0 Å². The first-order chi connectivity index (χ1) is 13.6. The van der Waals surface area contributed by atoms with Crippen LogP contribution in [0.1, 0.15) is 26.3 Å². The number of esters is 1. The number of carbonyl (C=O) groups excluding carboxylic acids is 2. The van der Waals surface area contributed by atoms with Crippen LogP contribution in [0.25, 0.3) is 0 Å². The quantitative estimate of drug-likeness (QED) is 0.349. The van der Waals surface area contributed by atoms with E-state index in [0.29, 0.717) is 22.6 Å². The Kier molecular flexibility index (Phi) is 6.07.